The second-order valence-corrected chi connectivity index (χ2v) is 6.12. The fraction of sp³-hybridized carbons (Fsp3) is 0.533. The maximum Gasteiger partial charge on any atom is 0.133 e. The van der Waals surface area contributed by atoms with Crippen LogP contribution in [0.5, 0.6) is 5.75 Å². The normalized spacial score (nSPS) is 21.6. The molecule has 110 valence electrons. The van der Waals surface area contributed by atoms with Crippen LogP contribution >= 0.6 is 12.4 Å². The van der Waals surface area contributed by atoms with E-state index in [0.29, 0.717) is 12.0 Å². The number of benzene rings is 1. The minimum Gasteiger partial charge on any atom is -0.507 e. The molecule has 0 aromatic heterocycles. The minimum atomic E-state index is -0.643. The molecule has 0 unspecified atom stereocenters. The molecule has 0 bridgehead atoms. The second-order valence-electron chi connectivity index (χ2n) is 6.12. The van der Waals surface area contributed by atoms with Gasteiger partial charge in [0.1, 0.15) is 11.8 Å². The van der Waals surface area contributed by atoms with Gasteiger partial charge in [-0.3, -0.25) is 0 Å². The fourth-order valence-electron chi connectivity index (χ4n) is 2.70. The molecule has 2 atom stereocenters. The summed E-state index contributed by atoms with van der Waals surface area (Å²) in [6.07, 6.45) is 0.803. The molecular formula is C15H21ClN2O2. The number of aliphatic hydroxyl groups is 1. The van der Waals surface area contributed by atoms with Gasteiger partial charge in [0.2, 0.25) is 0 Å². The average Bonchev–Trinajstić information content (AvgIpc) is 2.31. The molecule has 5 heteroatoms. The van der Waals surface area contributed by atoms with Gasteiger partial charge in [0.15, 0.2) is 0 Å². The van der Waals surface area contributed by atoms with Crippen molar-refractivity contribution in [3.63, 3.8) is 0 Å². The first kappa shape index (κ1) is 16.8. The molecule has 1 aromatic rings. The third-order valence-corrected chi connectivity index (χ3v) is 3.46. The van der Waals surface area contributed by atoms with Gasteiger partial charge in [0, 0.05) is 11.6 Å². The summed E-state index contributed by atoms with van der Waals surface area (Å²) in [5.41, 5.74) is 1.76. The lowest BCUT2D eigenvalue weighted by molar-refractivity contribution is 0.0999. The van der Waals surface area contributed by atoms with E-state index in [9.17, 15) is 10.2 Å². The molecule has 0 amide bonds. The van der Waals surface area contributed by atoms with Gasteiger partial charge in [-0.05, 0) is 50.8 Å². The van der Waals surface area contributed by atoms with Crippen molar-refractivity contribution in [2.24, 2.45) is 0 Å². The van der Waals surface area contributed by atoms with Gasteiger partial charge >= 0.3 is 0 Å². The number of halogens is 1. The maximum absolute atomic E-state index is 10.4. The van der Waals surface area contributed by atoms with E-state index < -0.39 is 6.10 Å². The highest BCUT2D eigenvalue weighted by Crippen LogP contribution is 2.35. The van der Waals surface area contributed by atoms with E-state index in [1.54, 1.807) is 6.07 Å². The van der Waals surface area contributed by atoms with Crippen LogP contribution < -0.4 is 5.32 Å². The largest absolute Gasteiger partial charge is 0.507 e. The highest BCUT2D eigenvalue weighted by Gasteiger charge is 2.32. The zero-order valence-electron chi connectivity index (χ0n) is 12.0. The zero-order valence-corrected chi connectivity index (χ0v) is 12.8. The van der Waals surface area contributed by atoms with Crippen molar-refractivity contribution >= 4 is 12.4 Å². The maximum atomic E-state index is 10.4. The fourth-order valence-corrected chi connectivity index (χ4v) is 2.70. The van der Waals surface area contributed by atoms with Crippen molar-refractivity contribution in [3.05, 3.63) is 28.8 Å². The molecule has 0 saturated carbocycles. The van der Waals surface area contributed by atoms with Crippen LogP contribution in [-0.4, -0.2) is 21.8 Å². The smallest absolute Gasteiger partial charge is 0.133 e. The van der Waals surface area contributed by atoms with Crippen molar-refractivity contribution in [1.29, 1.82) is 5.26 Å². The summed E-state index contributed by atoms with van der Waals surface area (Å²) in [4.78, 5) is 0. The van der Waals surface area contributed by atoms with Crippen LogP contribution in [0.3, 0.4) is 0 Å². The Labute approximate surface area is 125 Å². The molecule has 1 aliphatic carbocycles. The lowest BCUT2D eigenvalue weighted by Crippen LogP contribution is -2.48. The zero-order chi connectivity index (χ0) is 14.2. The number of nitriles is 1. The molecule has 0 aliphatic heterocycles. The number of hydrogen-bond acceptors (Lipinski definition) is 4. The van der Waals surface area contributed by atoms with Crippen molar-refractivity contribution in [1.82, 2.24) is 5.32 Å². The van der Waals surface area contributed by atoms with Gasteiger partial charge in [-0.1, -0.05) is 6.07 Å². The van der Waals surface area contributed by atoms with Gasteiger partial charge in [-0.15, -0.1) is 12.4 Å². The van der Waals surface area contributed by atoms with Gasteiger partial charge < -0.3 is 15.5 Å². The molecule has 0 fully saturated rings. The highest BCUT2D eigenvalue weighted by atomic mass is 35.5. The molecule has 0 spiro atoms. The Morgan fingerprint density at radius 2 is 2.00 bits per heavy atom. The molecule has 1 aromatic carbocycles. The summed E-state index contributed by atoms with van der Waals surface area (Å²) in [5, 5.41) is 32.6. The van der Waals surface area contributed by atoms with Gasteiger partial charge in [0.25, 0.3) is 0 Å². The summed E-state index contributed by atoms with van der Waals surface area (Å²) in [6.45, 7) is 6.19. The lowest BCUT2D eigenvalue weighted by atomic mass is 9.82. The number of rotatable bonds is 1. The number of phenolic OH excluding ortho intramolecular Hbond substituents is 1. The number of aromatic hydroxyl groups is 1. The first-order valence-corrected chi connectivity index (χ1v) is 6.54. The van der Waals surface area contributed by atoms with Crippen LogP contribution in [0.1, 0.15) is 50.0 Å². The molecule has 0 saturated heterocycles. The summed E-state index contributed by atoms with van der Waals surface area (Å²) < 4.78 is 0. The standard InChI is InChI=1S/C15H20N2O2.ClH/c1-15(2,3)17-12-6-4-9-10(14(12)19)5-7-13(18)11(9)8-16;/h5,7,12,14,17-19H,4,6H2,1-3H3;1H/t12-,14-;/m0./s1. The molecule has 0 heterocycles. The SMILES string of the molecule is CC(C)(C)N[C@H]1CCc2c(ccc(O)c2C#N)[C@@H]1O.Cl. The van der Waals surface area contributed by atoms with Crippen LogP contribution in [0.25, 0.3) is 0 Å². The third-order valence-electron chi connectivity index (χ3n) is 3.46. The Hall–Kier alpha value is -1.28. The van der Waals surface area contributed by atoms with Crippen molar-refractivity contribution in [2.45, 2.75) is 51.3 Å². The quantitative estimate of drug-likeness (QED) is 0.744. The summed E-state index contributed by atoms with van der Waals surface area (Å²) >= 11 is 0. The lowest BCUT2D eigenvalue weighted by Gasteiger charge is -2.36. The van der Waals surface area contributed by atoms with E-state index >= 15 is 0 Å². The number of fused-ring (bicyclic) bond motifs is 1. The number of aliphatic hydroxyl groups excluding tert-OH is 1. The Bertz CT molecular complexity index is 532. The molecule has 4 nitrogen and oxygen atoms in total. The van der Waals surface area contributed by atoms with E-state index in [0.717, 1.165) is 17.5 Å². The number of nitrogens with one attached hydrogen (secondary N) is 1. The van der Waals surface area contributed by atoms with Crippen LogP contribution in [0.15, 0.2) is 12.1 Å². The Kier molecular flexibility index (Phi) is 5.04. The predicted molar refractivity (Wildman–Crippen MR) is 80.0 cm³/mol. The molecule has 2 rings (SSSR count). The van der Waals surface area contributed by atoms with Gasteiger partial charge in [-0.25, -0.2) is 0 Å². The van der Waals surface area contributed by atoms with Gasteiger partial charge in [0.05, 0.1) is 11.7 Å². The monoisotopic (exact) mass is 296 g/mol. The summed E-state index contributed by atoms with van der Waals surface area (Å²) in [5.74, 6) is -0.00400. The Morgan fingerprint density at radius 1 is 1.35 bits per heavy atom. The van der Waals surface area contributed by atoms with Crippen molar-refractivity contribution < 1.29 is 10.2 Å². The minimum absolute atomic E-state index is 0. The van der Waals surface area contributed by atoms with Crippen LogP contribution in [-0.2, 0) is 6.42 Å². The van der Waals surface area contributed by atoms with Gasteiger partial charge in [-0.2, -0.15) is 5.26 Å². The summed E-state index contributed by atoms with van der Waals surface area (Å²) in [7, 11) is 0. The number of nitrogens with zero attached hydrogens (tertiary/aromatic N) is 1. The molecule has 1 aliphatic rings. The molecule has 20 heavy (non-hydrogen) atoms. The first-order valence-electron chi connectivity index (χ1n) is 6.54. The van der Waals surface area contributed by atoms with E-state index in [2.05, 4.69) is 26.1 Å². The van der Waals surface area contributed by atoms with E-state index in [1.165, 1.54) is 6.07 Å². The third kappa shape index (κ3) is 3.24. The molecular weight excluding hydrogens is 276 g/mol. The topological polar surface area (TPSA) is 76.3 Å². The number of phenols is 1. The highest BCUT2D eigenvalue weighted by molar-refractivity contribution is 5.85. The number of hydrogen-bond donors (Lipinski definition) is 3. The van der Waals surface area contributed by atoms with Crippen LogP contribution in [0.2, 0.25) is 0 Å². The van der Waals surface area contributed by atoms with E-state index in [-0.39, 0.29) is 29.7 Å². The first-order chi connectivity index (χ1) is 8.83. The summed E-state index contributed by atoms with van der Waals surface area (Å²) in [6, 6.07) is 5.20. The molecule has 3 N–H and O–H groups in total. The van der Waals surface area contributed by atoms with Crippen LogP contribution in [0.4, 0.5) is 0 Å². The average molecular weight is 297 g/mol. The Balaban J connectivity index is 0.00000200. The van der Waals surface area contributed by atoms with Crippen molar-refractivity contribution in [2.75, 3.05) is 0 Å². The van der Waals surface area contributed by atoms with Crippen molar-refractivity contribution in [3.8, 4) is 11.8 Å². The Morgan fingerprint density at radius 3 is 2.55 bits per heavy atom. The molecule has 0 radical (unpaired) electrons. The predicted octanol–water partition coefficient (Wildman–Crippen LogP) is 2.42. The van der Waals surface area contributed by atoms with Crippen LogP contribution in [0, 0.1) is 11.3 Å². The second kappa shape index (κ2) is 6.01. The van der Waals surface area contributed by atoms with E-state index in [1.807, 2.05) is 6.07 Å². The van der Waals surface area contributed by atoms with E-state index in [4.69, 9.17) is 5.26 Å².